The van der Waals surface area contributed by atoms with Crippen LogP contribution in [-0.2, 0) is 13.0 Å². The molecule has 0 aliphatic carbocycles. The van der Waals surface area contributed by atoms with Crippen molar-refractivity contribution in [2.24, 2.45) is 5.73 Å². The first-order valence-corrected chi connectivity index (χ1v) is 8.55. The van der Waals surface area contributed by atoms with E-state index in [1.165, 1.54) is 11.1 Å². The largest absolute Gasteiger partial charge is 0.497 e. The summed E-state index contributed by atoms with van der Waals surface area (Å²) >= 11 is 0. The van der Waals surface area contributed by atoms with Gasteiger partial charge in [0, 0.05) is 6.42 Å². The Balaban J connectivity index is 1.78. The molecule has 0 bridgehead atoms. The van der Waals surface area contributed by atoms with Crippen LogP contribution < -0.4 is 15.2 Å². The minimum Gasteiger partial charge on any atom is -0.497 e. The maximum absolute atomic E-state index is 5.88. The van der Waals surface area contributed by atoms with E-state index < -0.39 is 0 Å². The standard InChI is InChI=1S/C20H25N3O2/c1-14-12-18-19(13-15(14)2)23(20(22-18)8-9-21)10-11-25-17-6-4-16(24-3)5-7-17/h4-7,12-13H,8-11,21H2,1-3H3. The molecule has 132 valence electrons. The van der Waals surface area contributed by atoms with Crippen LogP contribution in [0.25, 0.3) is 11.0 Å². The monoisotopic (exact) mass is 339 g/mol. The van der Waals surface area contributed by atoms with E-state index >= 15 is 0 Å². The summed E-state index contributed by atoms with van der Waals surface area (Å²) in [5.74, 6) is 2.67. The smallest absolute Gasteiger partial charge is 0.119 e. The van der Waals surface area contributed by atoms with Gasteiger partial charge in [-0.05, 0) is 67.9 Å². The van der Waals surface area contributed by atoms with Gasteiger partial charge in [-0.3, -0.25) is 0 Å². The zero-order chi connectivity index (χ0) is 17.8. The average molecular weight is 339 g/mol. The first kappa shape index (κ1) is 17.3. The van der Waals surface area contributed by atoms with Crippen molar-refractivity contribution in [1.82, 2.24) is 9.55 Å². The number of hydrogen-bond donors (Lipinski definition) is 1. The van der Waals surface area contributed by atoms with Crippen molar-refractivity contribution < 1.29 is 9.47 Å². The number of aromatic nitrogens is 2. The number of ether oxygens (including phenoxy) is 2. The normalized spacial score (nSPS) is 11.0. The molecule has 0 spiro atoms. The van der Waals surface area contributed by atoms with Crippen molar-refractivity contribution in [3.8, 4) is 11.5 Å². The van der Waals surface area contributed by atoms with E-state index in [1.54, 1.807) is 7.11 Å². The van der Waals surface area contributed by atoms with Gasteiger partial charge >= 0.3 is 0 Å². The van der Waals surface area contributed by atoms with Crippen LogP contribution in [0, 0.1) is 13.8 Å². The number of fused-ring (bicyclic) bond motifs is 1. The maximum Gasteiger partial charge on any atom is 0.119 e. The van der Waals surface area contributed by atoms with E-state index in [-0.39, 0.29) is 0 Å². The molecular formula is C20H25N3O2. The Hall–Kier alpha value is -2.53. The van der Waals surface area contributed by atoms with Crippen molar-refractivity contribution in [3.63, 3.8) is 0 Å². The van der Waals surface area contributed by atoms with Crippen molar-refractivity contribution in [3.05, 3.63) is 53.3 Å². The van der Waals surface area contributed by atoms with Crippen LogP contribution in [0.4, 0.5) is 0 Å². The molecule has 0 saturated heterocycles. The number of methoxy groups -OCH3 is 1. The molecule has 0 amide bonds. The number of imidazole rings is 1. The summed E-state index contributed by atoms with van der Waals surface area (Å²) in [6, 6.07) is 12.0. The molecule has 2 N–H and O–H groups in total. The summed E-state index contributed by atoms with van der Waals surface area (Å²) in [5, 5.41) is 0. The Morgan fingerprint density at radius 3 is 2.40 bits per heavy atom. The molecule has 25 heavy (non-hydrogen) atoms. The molecule has 5 heteroatoms. The summed E-state index contributed by atoms with van der Waals surface area (Å²) in [4.78, 5) is 4.76. The van der Waals surface area contributed by atoms with Crippen molar-refractivity contribution in [1.29, 1.82) is 0 Å². The number of nitrogens with two attached hydrogens (primary N) is 1. The lowest BCUT2D eigenvalue weighted by Crippen LogP contribution is -2.14. The molecule has 0 fully saturated rings. The van der Waals surface area contributed by atoms with Crippen LogP contribution >= 0.6 is 0 Å². The van der Waals surface area contributed by atoms with Gasteiger partial charge in [-0.1, -0.05) is 0 Å². The fourth-order valence-electron chi connectivity index (χ4n) is 2.93. The molecule has 0 aliphatic rings. The first-order valence-electron chi connectivity index (χ1n) is 8.55. The number of hydrogen-bond acceptors (Lipinski definition) is 4. The molecule has 5 nitrogen and oxygen atoms in total. The quantitative estimate of drug-likeness (QED) is 0.718. The summed E-state index contributed by atoms with van der Waals surface area (Å²) in [6.07, 6.45) is 0.759. The molecular weight excluding hydrogens is 314 g/mol. The van der Waals surface area contributed by atoms with Crippen molar-refractivity contribution in [2.75, 3.05) is 20.3 Å². The molecule has 3 rings (SSSR count). The van der Waals surface area contributed by atoms with Gasteiger partial charge in [0.1, 0.15) is 23.9 Å². The number of nitrogens with zero attached hydrogens (tertiary/aromatic N) is 2. The zero-order valence-corrected chi connectivity index (χ0v) is 15.1. The van der Waals surface area contributed by atoms with Crippen molar-refractivity contribution in [2.45, 2.75) is 26.8 Å². The summed E-state index contributed by atoms with van der Waals surface area (Å²) < 4.78 is 13.3. The minimum atomic E-state index is 0.572. The lowest BCUT2D eigenvalue weighted by atomic mass is 10.1. The highest BCUT2D eigenvalue weighted by atomic mass is 16.5. The van der Waals surface area contributed by atoms with Crippen LogP contribution in [0.15, 0.2) is 36.4 Å². The minimum absolute atomic E-state index is 0.572. The van der Waals surface area contributed by atoms with E-state index in [1.807, 2.05) is 24.3 Å². The lowest BCUT2D eigenvalue weighted by molar-refractivity contribution is 0.297. The topological polar surface area (TPSA) is 62.3 Å². The van der Waals surface area contributed by atoms with E-state index in [4.69, 9.17) is 20.2 Å². The van der Waals surface area contributed by atoms with Crippen LogP contribution in [0.2, 0.25) is 0 Å². The van der Waals surface area contributed by atoms with Crippen LogP contribution in [0.1, 0.15) is 17.0 Å². The van der Waals surface area contributed by atoms with Gasteiger partial charge in [0.2, 0.25) is 0 Å². The highest BCUT2D eigenvalue weighted by Gasteiger charge is 2.11. The summed E-state index contributed by atoms with van der Waals surface area (Å²) in [5.41, 5.74) is 10.5. The highest BCUT2D eigenvalue weighted by molar-refractivity contribution is 5.78. The molecule has 2 aromatic carbocycles. The lowest BCUT2D eigenvalue weighted by Gasteiger charge is -2.11. The van der Waals surface area contributed by atoms with E-state index in [9.17, 15) is 0 Å². The van der Waals surface area contributed by atoms with E-state index in [0.29, 0.717) is 13.2 Å². The predicted molar refractivity (Wildman–Crippen MR) is 100 cm³/mol. The SMILES string of the molecule is COc1ccc(OCCn2c(CCN)nc3cc(C)c(C)cc32)cc1. The Morgan fingerprint density at radius 1 is 1.04 bits per heavy atom. The molecule has 0 unspecified atom stereocenters. The molecule has 0 atom stereocenters. The van der Waals surface area contributed by atoms with E-state index in [2.05, 4.69) is 30.5 Å². The van der Waals surface area contributed by atoms with Gasteiger partial charge < -0.3 is 19.8 Å². The molecule has 1 heterocycles. The molecule has 3 aromatic rings. The second-order valence-electron chi connectivity index (χ2n) is 6.17. The highest BCUT2D eigenvalue weighted by Crippen LogP contribution is 2.22. The molecule has 0 saturated carbocycles. The third-order valence-electron chi connectivity index (χ3n) is 4.45. The van der Waals surface area contributed by atoms with Crippen molar-refractivity contribution >= 4 is 11.0 Å². The summed E-state index contributed by atoms with van der Waals surface area (Å²) in [6.45, 7) is 6.13. The van der Waals surface area contributed by atoms with Gasteiger partial charge in [-0.15, -0.1) is 0 Å². The predicted octanol–water partition coefficient (Wildman–Crippen LogP) is 3.24. The second-order valence-corrected chi connectivity index (χ2v) is 6.17. The van der Waals surface area contributed by atoms with Gasteiger partial charge in [-0.25, -0.2) is 4.98 Å². The fraction of sp³-hybridized carbons (Fsp3) is 0.350. The fourth-order valence-corrected chi connectivity index (χ4v) is 2.93. The first-order chi connectivity index (χ1) is 12.1. The number of benzene rings is 2. The Kier molecular flexibility index (Phi) is 5.24. The third kappa shape index (κ3) is 3.77. The molecule has 0 radical (unpaired) electrons. The molecule has 1 aromatic heterocycles. The second kappa shape index (κ2) is 7.57. The van der Waals surface area contributed by atoms with Crippen LogP contribution in [0.3, 0.4) is 0 Å². The Labute approximate surface area is 148 Å². The Morgan fingerprint density at radius 2 is 1.72 bits per heavy atom. The summed E-state index contributed by atoms with van der Waals surface area (Å²) in [7, 11) is 1.66. The third-order valence-corrected chi connectivity index (χ3v) is 4.45. The maximum atomic E-state index is 5.88. The van der Waals surface area contributed by atoms with Gasteiger partial charge in [-0.2, -0.15) is 0 Å². The Bertz CT molecular complexity index is 853. The van der Waals surface area contributed by atoms with Gasteiger partial charge in [0.25, 0.3) is 0 Å². The average Bonchev–Trinajstić information content (AvgIpc) is 2.93. The number of rotatable bonds is 7. The molecule has 0 aliphatic heterocycles. The van der Waals surface area contributed by atoms with E-state index in [0.717, 1.165) is 41.3 Å². The zero-order valence-electron chi connectivity index (χ0n) is 15.1. The van der Waals surface area contributed by atoms with Gasteiger partial charge in [0.05, 0.1) is 24.7 Å². The van der Waals surface area contributed by atoms with Crippen LogP contribution in [0.5, 0.6) is 11.5 Å². The van der Waals surface area contributed by atoms with Crippen LogP contribution in [-0.4, -0.2) is 29.8 Å². The van der Waals surface area contributed by atoms with Gasteiger partial charge in [0.15, 0.2) is 0 Å². The number of aryl methyl sites for hydroxylation is 2.